The number of ether oxygens (including phenoxy) is 2. The Kier molecular flexibility index (Phi) is 2.68. The molecule has 0 aromatic heterocycles. The fourth-order valence-corrected chi connectivity index (χ4v) is 4.00. The smallest absolute Gasteiger partial charge is 0.231 e. The van der Waals surface area contributed by atoms with Crippen LogP contribution in [0.4, 0.5) is 10.1 Å². The van der Waals surface area contributed by atoms with Gasteiger partial charge in [-0.1, -0.05) is 18.2 Å². The van der Waals surface area contributed by atoms with Gasteiger partial charge < -0.3 is 14.8 Å². The average molecular weight is 309 g/mol. The second kappa shape index (κ2) is 4.75. The molecule has 0 fully saturated rings. The van der Waals surface area contributed by atoms with Crippen LogP contribution in [0, 0.1) is 11.7 Å². The molecular formula is C19H16FNO2. The van der Waals surface area contributed by atoms with Gasteiger partial charge in [0.15, 0.2) is 11.5 Å². The summed E-state index contributed by atoms with van der Waals surface area (Å²) in [7, 11) is 0. The summed E-state index contributed by atoms with van der Waals surface area (Å²) in [5, 5.41) is 3.60. The van der Waals surface area contributed by atoms with Gasteiger partial charge in [-0.2, -0.15) is 0 Å². The molecule has 3 atom stereocenters. The van der Waals surface area contributed by atoms with Gasteiger partial charge in [-0.25, -0.2) is 4.39 Å². The molecule has 23 heavy (non-hydrogen) atoms. The molecule has 2 aromatic carbocycles. The summed E-state index contributed by atoms with van der Waals surface area (Å²) in [6, 6.07) is 11.3. The van der Waals surface area contributed by atoms with Gasteiger partial charge in [0.25, 0.3) is 0 Å². The molecule has 2 aliphatic heterocycles. The molecule has 3 aliphatic rings. The molecule has 0 radical (unpaired) electrons. The predicted molar refractivity (Wildman–Crippen MR) is 85.3 cm³/mol. The second-order valence-corrected chi connectivity index (χ2v) is 6.32. The van der Waals surface area contributed by atoms with Crippen molar-refractivity contribution in [3.05, 3.63) is 65.5 Å². The van der Waals surface area contributed by atoms with Gasteiger partial charge in [-0.05, 0) is 53.8 Å². The standard InChI is InChI=1S/C19H16FNO2/c20-12-5-6-16-15(9-12)13-2-1-3-14(13)19(21-16)11-4-7-17-18(8-11)23-10-22-17/h1-2,4-9,13-14,19,21H,3,10H2/t13-,14+,19+/m1/s1. The van der Waals surface area contributed by atoms with Crippen molar-refractivity contribution in [3.8, 4) is 11.5 Å². The Morgan fingerprint density at radius 3 is 2.91 bits per heavy atom. The first-order valence-electron chi connectivity index (χ1n) is 7.92. The highest BCUT2D eigenvalue weighted by molar-refractivity contribution is 5.60. The predicted octanol–water partition coefficient (Wildman–Crippen LogP) is 4.38. The summed E-state index contributed by atoms with van der Waals surface area (Å²) in [6.45, 7) is 0.284. The van der Waals surface area contributed by atoms with Crippen LogP contribution >= 0.6 is 0 Å². The van der Waals surface area contributed by atoms with E-state index in [2.05, 4.69) is 29.6 Å². The second-order valence-electron chi connectivity index (χ2n) is 6.32. The van der Waals surface area contributed by atoms with E-state index in [9.17, 15) is 4.39 Å². The average Bonchev–Trinajstić information content (AvgIpc) is 3.22. The van der Waals surface area contributed by atoms with Crippen molar-refractivity contribution >= 4 is 5.69 Å². The van der Waals surface area contributed by atoms with E-state index < -0.39 is 0 Å². The first-order valence-corrected chi connectivity index (χ1v) is 7.92. The zero-order chi connectivity index (χ0) is 15.4. The SMILES string of the molecule is Fc1ccc2c(c1)[C@@H]1C=CC[C@@H]1[C@H](c1ccc3c(c1)OCO3)N2. The lowest BCUT2D eigenvalue weighted by atomic mass is 9.77. The van der Waals surface area contributed by atoms with E-state index in [1.807, 2.05) is 12.1 Å². The summed E-state index contributed by atoms with van der Waals surface area (Å²) < 4.78 is 24.6. The van der Waals surface area contributed by atoms with E-state index in [-0.39, 0.29) is 24.6 Å². The number of allylic oxidation sites excluding steroid dienone is 2. The van der Waals surface area contributed by atoms with E-state index >= 15 is 0 Å². The van der Waals surface area contributed by atoms with Crippen molar-refractivity contribution in [1.82, 2.24) is 0 Å². The number of nitrogens with one attached hydrogen (secondary N) is 1. The van der Waals surface area contributed by atoms with Crippen LogP contribution in [-0.4, -0.2) is 6.79 Å². The molecule has 0 bridgehead atoms. The van der Waals surface area contributed by atoms with Gasteiger partial charge in [-0.15, -0.1) is 0 Å². The zero-order valence-electron chi connectivity index (χ0n) is 12.5. The van der Waals surface area contributed by atoms with Crippen LogP contribution in [0.5, 0.6) is 11.5 Å². The van der Waals surface area contributed by atoms with E-state index in [1.165, 1.54) is 11.6 Å². The highest BCUT2D eigenvalue weighted by Gasteiger charge is 2.38. The van der Waals surface area contributed by atoms with Crippen molar-refractivity contribution in [1.29, 1.82) is 0 Å². The lowest BCUT2D eigenvalue weighted by Gasteiger charge is -2.37. The largest absolute Gasteiger partial charge is 0.454 e. The minimum atomic E-state index is -0.175. The molecule has 1 aliphatic carbocycles. The topological polar surface area (TPSA) is 30.5 Å². The molecule has 2 aromatic rings. The van der Waals surface area contributed by atoms with Gasteiger partial charge in [-0.3, -0.25) is 0 Å². The Bertz CT molecular complexity index is 817. The number of rotatable bonds is 1. The van der Waals surface area contributed by atoms with Crippen molar-refractivity contribution in [3.63, 3.8) is 0 Å². The van der Waals surface area contributed by atoms with Crippen LogP contribution in [0.1, 0.15) is 29.5 Å². The highest BCUT2D eigenvalue weighted by Crippen LogP contribution is 2.50. The van der Waals surface area contributed by atoms with Gasteiger partial charge in [0.1, 0.15) is 5.82 Å². The monoisotopic (exact) mass is 309 g/mol. The summed E-state index contributed by atoms with van der Waals surface area (Å²) in [4.78, 5) is 0. The highest BCUT2D eigenvalue weighted by atomic mass is 19.1. The summed E-state index contributed by atoms with van der Waals surface area (Å²) in [5.74, 6) is 2.08. The number of hydrogen-bond donors (Lipinski definition) is 1. The van der Waals surface area contributed by atoms with Crippen molar-refractivity contribution in [2.75, 3.05) is 12.1 Å². The number of fused-ring (bicyclic) bond motifs is 4. The molecule has 4 heteroatoms. The van der Waals surface area contributed by atoms with Gasteiger partial charge in [0, 0.05) is 11.6 Å². The number of halogens is 1. The number of anilines is 1. The fraction of sp³-hybridized carbons (Fsp3) is 0.263. The normalized spacial score (nSPS) is 26.6. The van der Waals surface area contributed by atoms with Crippen LogP contribution in [0.25, 0.3) is 0 Å². The Morgan fingerprint density at radius 1 is 1.04 bits per heavy atom. The van der Waals surface area contributed by atoms with Crippen LogP contribution in [-0.2, 0) is 0 Å². The minimum absolute atomic E-state index is 0.175. The zero-order valence-corrected chi connectivity index (χ0v) is 12.5. The van der Waals surface area contributed by atoms with Crippen LogP contribution in [0.3, 0.4) is 0 Å². The molecule has 1 N–H and O–H groups in total. The number of benzene rings is 2. The minimum Gasteiger partial charge on any atom is -0.454 e. The van der Waals surface area contributed by atoms with Crippen molar-refractivity contribution in [2.45, 2.75) is 18.4 Å². The van der Waals surface area contributed by atoms with Crippen LogP contribution in [0.15, 0.2) is 48.6 Å². The molecule has 0 saturated carbocycles. The van der Waals surface area contributed by atoms with E-state index in [4.69, 9.17) is 9.47 Å². The Hall–Kier alpha value is -2.49. The van der Waals surface area contributed by atoms with E-state index in [0.717, 1.165) is 29.2 Å². The Balaban J connectivity index is 1.58. The van der Waals surface area contributed by atoms with E-state index in [0.29, 0.717) is 5.92 Å². The molecule has 0 amide bonds. The molecular weight excluding hydrogens is 293 g/mol. The molecule has 2 heterocycles. The van der Waals surface area contributed by atoms with Crippen LogP contribution in [0.2, 0.25) is 0 Å². The third-order valence-corrected chi connectivity index (χ3v) is 5.08. The fourth-order valence-electron chi connectivity index (χ4n) is 4.00. The van der Waals surface area contributed by atoms with Gasteiger partial charge >= 0.3 is 0 Å². The molecule has 5 rings (SSSR count). The van der Waals surface area contributed by atoms with Crippen LogP contribution < -0.4 is 14.8 Å². The Morgan fingerprint density at radius 2 is 1.96 bits per heavy atom. The molecule has 116 valence electrons. The molecule has 0 unspecified atom stereocenters. The first kappa shape index (κ1) is 13.0. The lowest BCUT2D eigenvalue weighted by Crippen LogP contribution is -2.29. The molecule has 3 nitrogen and oxygen atoms in total. The maximum atomic E-state index is 13.6. The quantitative estimate of drug-likeness (QED) is 0.793. The molecule has 0 saturated heterocycles. The summed E-state index contributed by atoms with van der Waals surface area (Å²) in [5.41, 5.74) is 3.26. The van der Waals surface area contributed by atoms with E-state index in [1.54, 1.807) is 6.07 Å². The third-order valence-electron chi connectivity index (χ3n) is 5.08. The lowest BCUT2D eigenvalue weighted by molar-refractivity contribution is 0.174. The van der Waals surface area contributed by atoms with Gasteiger partial charge in [0.2, 0.25) is 6.79 Å². The third kappa shape index (κ3) is 1.94. The van der Waals surface area contributed by atoms with Gasteiger partial charge in [0.05, 0.1) is 6.04 Å². The maximum Gasteiger partial charge on any atom is 0.231 e. The molecule has 0 spiro atoms. The first-order chi connectivity index (χ1) is 11.3. The number of hydrogen-bond acceptors (Lipinski definition) is 3. The maximum absolute atomic E-state index is 13.6. The summed E-state index contributed by atoms with van der Waals surface area (Å²) >= 11 is 0. The van der Waals surface area contributed by atoms with Crippen molar-refractivity contribution < 1.29 is 13.9 Å². The summed E-state index contributed by atoms with van der Waals surface area (Å²) in [6.07, 6.45) is 5.41. The Labute approximate surface area is 133 Å². The van der Waals surface area contributed by atoms with Crippen molar-refractivity contribution in [2.24, 2.45) is 5.92 Å².